The third kappa shape index (κ3) is 2.54. The summed E-state index contributed by atoms with van der Waals surface area (Å²) in [4.78, 5) is 24.8. The largest absolute Gasteiger partial charge is 0.479 e. The molecule has 5 nitrogen and oxygen atoms in total. The van der Waals surface area contributed by atoms with E-state index < -0.39 is 12.1 Å². The lowest BCUT2D eigenvalue weighted by Gasteiger charge is -2.34. The van der Waals surface area contributed by atoms with Gasteiger partial charge in [-0.15, -0.1) is 0 Å². The first-order valence-corrected chi connectivity index (χ1v) is 6.25. The number of hydrogen-bond acceptors (Lipinski definition) is 3. The Labute approximate surface area is 111 Å². The van der Waals surface area contributed by atoms with Crippen molar-refractivity contribution in [3.63, 3.8) is 0 Å². The number of rotatable bonds is 3. The van der Waals surface area contributed by atoms with Crippen LogP contribution in [0, 0.1) is 5.92 Å². The van der Waals surface area contributed by atoms with Crippen molar-refractivity contribution in [1.82, 2.24) is 0 Å². The van der Waals surface area contributed by atoms with Crippen molar-refractivity contribution in [2.45, 2.75) is 26.9 Å². The summed E-state index contributed by atoms with van der Waals surface area (Å²) in [6, 6.07) is 4.58. The molecule has 1 amide bonds. The second-order valence-corrected chi connectivity index (χ2v) is 5.09. The van der Waals surface area contributed by atoms with E-state index in [-0.39, 0.29) is 17.4 Å². The molecule has 0 aromatic heterocycles. The van der Waals surface area contributed by atoms with E-state index in [1.54, 1.807) is 17.9 Å². The van der Waals surface area contributed by atoms with Gasteiger partial charge < -0.3 is 14.7 Å². The van der Waals surface area contributed by atoms with Gasteiger partial charge in [-0.3, -0.25) is 4.79 Å². The number of carboxylic acid groups (broad SMARTS) is 1. The Morgan fingerprint density at radius 2 is 2.16 bits per heavy atom. The molecule has 1 N–H and O–H groups in total. The highest BCUT2D eigenvalue weighted by atomic mass is 16.5. The van der Waals surface area contributed by atoms with Crippen LogP contribution < -0.4 is 9.64 Å². The fourth-order valence-electron chi connectivity index (χ4n) is 2.09. The van der Waals surface area contributed by atoms with Crippen LogP contribution in [-0.4, -0.2) is 29.6 Å². The molecule has 1 aliphatic rings. The molecule has 1 atom stereocenters. The maximum absolute atomic E-state index is 12.2. The van der Waals surface area contributed by atoms with E-state index in [1.165, 1.54) is 12.1 Å². The van der Waals surface area contributed by atoms with Crippen LogP contribution in [-0.2, 0) is 4.79 Å². The molecule has 1 aliphatic heterocycles. The average Bonchev–Trinajstić information content (AvgIpc) is 2.34. The molecule has 19 heavy (non-hydrogen) atoms. The summed E-state index contributed by atoms with van der Waals surface area (Å²) in [5.41, 5.74) is 0.690. The number of fused-ring (bicyclic) bond motifs is 1. The molecule has 1 aromatic rings. The first-order valence-electron chi connectivity index (χ1n) is 6.25. The van der Waals surface area contributed by atoms with Crippen molar-refractivity contribution >= 4 is 17.6 Å². The van der Waals surface area contributed by atoms with Crippen molar-refractivity contribution in [3.8, 4) is 5.75 Å². The Kier molecular flexibility index (Phi) is 3.46. The number of amides is 1. The third-order valence-corrected chi connectivity index (χ3v) is 2.96. The zero-order chi connectivity index (χ0) is 14.2. The Morgan fingerprint density at radius 3 is 2.74 bits per heavy atom. The maximum atomic E-state index is 12.2. The van der Waals surface area contributed by atoms with Gasteiger partial charge in [-0.1, -0.05) is 13.8 Å². The van der Waals surface area contributed by atoms with Gasteiger partial charge in [-0.2, -0.15) is 0 Å². The van der Waals surface area contributed by atoms with Crippen molar-refractivity contribution in [1.29, 1.82) is 0 Å². The molecule has 0 saturated carbocycles. The zero-order valence-corrected chi connectivity index (χ0v) is 11.2. The van der Waals surface area contributed by atoms with Crippen molar-refractivity contribution in [2.75, 3.05) is 11.4 Å². The molecule has 0 aliphatic carbocycles. The smallest absolute Gasteiger partial charge is 0.335 e. The summed E-state index contributed by atoms with van der Waals surface area (Å²) in [6.45, 7) is 6.26. The van der Waals surface area contributed by atoms with E-state index in [1.807, 2.05) is 13.8 Å². The molecule has 1 aromatic carbocycles. The summed E-state index contributed by atoms with van der Waals surface area (Å²) in [7, 11) is 0. The Morgan fingerprint density at radius 1 is 1.47 bits per heavy atom. The molecule has 0 fully saturated rings. The molecule has 0 saturated heterocycles. The highest BCUT2D eigenvalue weighted by molar-refractivity contribution is 6.01. The number of aromatic carboxylic acids is 1. The molecule has 0 radical (unpaired) electrons. The summed E-state index contributed by atoms with van der Waals surface area (Å²) >= 11 is 0. The number of hydrogen-bond donors (Lipinski definition) is 1. The summed E-state index contributed by atoms with van der Waals surface area (Å²) in [5, 5.41) is 9.03. The number of anilines is 1. The second kappa shape index (κ2) is 4.91. The number of carbonyl (C=O) groups is 2. The van der Waals surface area contributed by atoms with E-state index in [0.717, 1.165) is 0 Å². The standard InChI is InChI=1S/C14H17NO4/c1-8(2)7-15-11-6-10(14(17)18)4-5-12(11)19-9(3)13(15)16/h4-6,8-9H,7H2,1-3H3,(H,17,18). The molecule has 0 spiro atoms. The van der Waals surface area contributed by atoms with Crippen LogP contribution in [0.25, 0.3) is 0 Å². The Balaban J connectivity index is 2.47. The maximum Gasteiger partial charge on any atom is 0.335 e. The van der Waals surface area contributed by atoms with E-state index in [0.29, 0.717) is 18.0 Å². The van der Waals surface area contributed by atoms with Gasteiger partial charge in [-0.25, -0.2) is 4.79 Å². The molecule has 1 unspecified atom stereocenters. The van der Waals surface area contributed by atoms with Crippen LogP contribution in [0.1, 0.15) is 31.1 Å². The fraction of sp³-hybridized carbons (Fsp3) is 0.429. The minimum Gasteiger partial charge on any atom is -0.479 e. The van der Waals surface area contributed by atoms with E-state index in [2.05, 4.69) is 0 Å². The van der Waals surface area contributed by atoms with Crippen LogP contribution in [0.5, 0.6) is 5.75 Å². The fourth-order valence-corrected chi connectivity index (χ4v) is 2.09. The minimum atomic E-state index is -1.02. The lowest BCUT2D eigenvalue weighted by atomic mass is 10.1. The molecule has 0 bridgehead atoms. The van der Waals surface area contributed by atoms with Crippen LogP contribution in [0.15, 0.2) is 18.2 Å². The van der Waals surface area contributed by atoms with Crippen LogP contribution in [0.2, 0.25) is 0 Å². The van der Waals surface area contributed by atoms with Gasteiger partial charge in [0.15, 0.2) is 6.10 Å². The molecule has 2 rings (SSSR count). The Bertz CT molecular complexity index is 524. The van der Waals surface area contributed by atoms with Crippen LogP contribution in [0.3, 0.4) is 0 Å². The third-order valence-electron chi connectivity index (χ3n) is 2.96. The first kappa shape index (κ1) is 13.4. The predicted octanol–water partition coefficient (Wildman–Crippen LogP) is 2.15. The van der Waals surface area contributed by atoms with E-state index in [4.69, 9.17) is 9.84 Å². The van der Waals surface area contributed by atoms with Crippen molar-refractivity contribution in [2.24, 2.45) is 5.92 Å². The molecule has 1 heterocycles. The zero-order valence-electron chi connectivity index (χ0n) is 11.2. The summed E-state index contributed by atoms with van der Waals surface area (Å²) < 4.78 is 5.51. The second-order valence-electron chi connectivity index (χ2n) is 5.09. The molecular formula is C14H17NO4. The van der Waals surface area contributed by atoms with Gasteiger partial charge in [0, 0.05) is 6.54 Å². The van der Waals surface area contributed by atoms with E-state index in [9.17, 15) is 9.59 Å². The van der Waals surface area contributed by atoms with E-state index >= 15 is 0 Å². The van der Waals surface area contributed by atoms with Gasteiger partial charge in [0.25, 0.3) is 5.91 Å². The van der Waals surface area contributed by atoms with Gasteiger partial charge in [0.2, 0.25) is 0 Å². The van der Waals surface area contributed by atoms with Crippen molar-refractivity contribution in [3.05, 3.63) is 23.8 Å². The minimum absolute atomic E-state index is 0.135. The Hall–Kier alpha value is -2.04. The SMILES string of the molecule is CC(C)CN1C(=O)C(C)Oc2ccc(C(=O)O)cc21. The predicted molar refractivity (Wildman–Crippen MR) is 70.7 cm³/mol. The highest BCUT2D eigenvalue weighted by Crippen LogP contribution is 2.35. The summed E-state index contributed by atoms with van der Waals surface area (Å²) in [5.74, 6) is -0.310. The summed E-state index contributed by atoms with van der Waals surface area (Å²) in [6.07, 6.45) is -0.540. The topological polar surface area (TPSA) is 66.8 Å². The number of carboxylic acids is 1. The van der Waals surface area contributed by atoms with Crippen LogP contribution in [0.4, 0.5) is 5.69 Å². The van der Waals surface area contributed by atoms with Gasteiger partial charge >= 0.3 is 5.97 Å². The van der Waals surface area contributed by atoms with Crippen LogP contribution >= 0.6 is 0 Å². The van der Waals surface area contributed by atoms with Gasteiger partial charge in [0.1, 0.15) is 5.75 Å². The first-order chi connectivity index (χ1) is 8.90. The molecule has 5 heteroatoms. The lowest BCUT2D eigenvalue weighted by Crippen LogP contribution is -2.46. The number of benzene rings is 1. The number of nitrogens with zero attached hydrogens (tertiary/aromatic N) is 1. The lowest BCUT2D eigenvalue weighted by molar-refractivity contribution is -0.125. The number of ether oxygens (including phenoxy) is 1. The normalized spacial score (nSPS) is 18.2. The number of carbonyl (C=O) groups excluding carboxylic acids is 1. The quantitative estimate of drug-likeness (QED) is 0.907. The average molecular weight is 263 g/mol. The van der Waals surface area contributed by atoms with Gasteiger partial charge in [0.05, 0.1) is 11.3 Å². The molecule has 102 valence electrons. The monoisotopic (exact) mass is 263 g/mol. The van der Waals surface area contributed by atoms with Crippen molar-refractivity contribution < 1.29 is 19.4 Å². The van der Waals surface area contributed by atoms with Gasteiger partial charge in [-0.05, 0) is 31.0 Å². The highest BCUT2D eigenvalue weighted by Gasteiger charge is 2.32. The molecular weight excluding hydrogens is 246 g/mol.